The second kappa shape index (κ2) is 7.11. The van der Waals surface area contributed by atoms with Gasteiger partial charge in [0.2, 0.25) is 0 Å². The molecule has 0 N–H and O–H groups in total. The van der Waals surface area contributed by atoms with Gasteiger partial charge in [-0.3, -0.25) is 4.79 Å². The van der Waals surface area contributed by atoms with Gasteiger partial charge >= 0.3 is 0 Å². The number of benzene rings is 2. The topological polar surface area (TPSA) is 54.5 Å². The van der Waals surface area contributed by atoms with Crippen LogP contribution in [0.1, 0.15) is 27.6 Å². The van der Waals surface area contributed by atoms with Crippen molar-refractivity contribution in [2.24, 2.45) is 0 Å². The first-order chi connectivity index (χ1) is 12.3. The van der Waals surface area contributed by atoms with Crippen molar-refractivity contribution in [1.29, 1.82) is 0 Å². The molecule has 0 aliphatic carbocycles. The number of hydrogen-bond donors (Lipinski definition) is 0. The summed E-state index contributed by atoms with van der Waals surface area (Å²) in [5.74, 6) is -3.51. The van der Waals surface area contributed by atoms with E-state index in [1.807, 2.05) is 0 Å². The van der Waals surface area contributed by atoms with Crippen molar-refractivity contribution in [3.8, 4) is 0 Å². The van der Waals surface area contributed by atoms with Crippen LogP contribution < -0.4 is 0 Å². The van der Waals surface area contributed by atoms with Crippen LogP contribution in [0.4, 0.5) is 13.2 Å². The van der Waals surface area contributed by atoms with Crippen molar-refractivity contribution in [1.82, 2.24) is 4.90 Å². The minimum Gasteiger partial charge on any atom is -0.337 e. The Bertz CT molecular complexity index is 946. The summed E-state index contributed by atoms with van der Waals surface area (Å²) in [5.41, 5.74) is -0.261. The number of carbonyl (C=O) groups excluding carboxylic acids is 1. The van der Waals surface area contributed by atoms with Gasteiger partial charge in [0.05, 0.1) is 16.6 Å². The lowest BCUT2D eigenvalue weighted by molar-refractivity contribution is 0.0761. The normalized spacial score (nSPS) is 19.8. The van der Waals surface area contributed by atoms with Crippen molar-refractivity contribution >= 4 is 15.7 Å². The highest BCUT2D eigenvalue weighted by atomic mass is 32.2. The number of carbonyl (C=O) groups is 1. The van der Waals surface area contributed by atoms with E-state index >= 15 is 0 Å². The molecule has 1 aliphatic rings. The molecule has 0 aromatic heterocycles. The summed E-state index contributed by atoms with van der Waals surface area (Å²) in [7, 11) is -3.69. The zero-order chi connectivity index (χ0) is 18.9. The summed E-state index contributed by atoms with van der Waals surface area (Å²) < 4.78 is 66.0. The third kappa shape index (κ3) is 3.60. The molecule has 138 valence electrons. The fourth-order valence-corrected chi connectivity index (χ4v) is 4.87. The molecule has 0 spiro atoms. The van der Waals surface area contributed by atoms with Crippen molar-refractivity contribution in [2.75, 3.05) is 18.8 Å². The van der Waals surface area contributed by atoms with E-state index in [0.717, 1.165) is 12.1 Å². The average molecular weight is 383 g/mol. The first kappa shape index (κ1) is 18.4. The van der Waals surface area contributed by atoms with E-state index in [-0.39, 0.29) is 36.4 Å². The summed E-state index contributed by atoms with van der Waals surface area (Å²) in [6.07, 6.45) is -0.00216. The maximum absolute atomic E-state index is 14.0. The van der Waals surface area contributed by atoms with Crippen LogP contribution in [-0.2, 0) is 9.84 Å². The van der Waals surface area contributed by atoms with Gasteiger partial charge in [-0.1, -0.05) is 18.2 Å². The van der Waals surface area contributed by atoms with Crippen LogP contribution in [0.2, 0.25) is 0 Å². The van der Waals surface area contributed by atoms with E-state index in [1.165, 1.54) is 23.1 Å². The lowest BCUT2D eigenvalue weighted by Gasteiger charge is -2.20. The van der Waals surface area contributed by atoms with Crippen LogP contribution in [0, 0.1) is 17.5 Å². The quantitative estimate of drug-likeness (QED) is 0.801. The van der Waals surface area contributed by atoms with Gasteiger partial charge in [0, 0.05) is 24.7 Å². The Kier molecular flexibility index (Phi) is 5.04. The summed E-state index contributed by atoms with van der Waals surface area (Å²) in [5, 5.41) is -1.07. The summed E-state index contributed by atoms with van der Waals surface area (Å²) in [6.45, 7) is -0.114. The van der Waals surface area contributed by atoms with Gasteiger partial charge in [-0.2, -0.15) is 0 Å². The highest BCUT2D eigenvalue weighted by molar-refractivity contribution is 7.91. The molecule has 1 fully saturated rings. The van der Waals surface area contributed by atoms with E-state index in [9.17, 15) is 26.4 Å². The number of sulfone groups is 1. The third-order valence-corrected chi connectivity index (χ3v) is 6.55. The highest BCUT2D eigenvalue weighted by Gasteiger charge is 2.34. The molecule has 1 aliphatic heterocycles. The molecule has 0 radical (unpaired) electrons. The summed E-state index contributed by atoms with van der Waals surface area (Å²) in [4.78, 5) is 13.7. The monoisotopic (exact) mass is 383 g/mol. The maximum Gasteiger partial charge on any atom is 0.256 e. The Labute approximate surface area is 149 Å². The van der Waals surface area contributed by atoms with Crippen molar-refractivity contribution in [3.05, 3.63) is 71.0 Å². The maximum atomic E-state index is 14.0. The molecular weight excluding hydrogens is 367 g/mol. The zero-order valence-corrected chi connectivity index (χ0v) is 14.5. The van der Waals surface area contributed by atoms with E-state index in [0.29, 0.717) is 6.07 Å². The van der Waals surface area contributed by atoms with Crippen LogP contribution in [0.3, 0.4) is 0 Å². The fourth-order valence-electron chi connectivity index (χ4n) is 3.07. The smallest absolute Gasteiger partial charge is 0.256 e. The number of nitrogens with zero attached hydrogens (tertiary/aromatic N) is 1. The average Bonchev–Trinajstić information content (AvgIpc) is 2.73. The molecule has 1 heterocycles. The number of halogens is 3. The lowest BCUT2D eigenvalue weighted by atomic mass is 10.1. The molecular formula is C18H16F3NO3S. The predicted octanol–water partition coefficient (Wildman–Crippen LogP) is 3.11. The Morgan fingerprint density at radius 3 is 2.42 bits per heavy atom. The highest BCUT2D eigenvalue weighted by Crippen LogP contribution is 2.31. The molecule has 26 heavy (non-hydrogen) atoms. The molecule has 0 saturated carbocycles. The Hall–Kier alpha value is -2.35. The zero-order valence-electron chi connectivity index (χ0n) is 13.7. The van der Waals surface area contributed by atoms with Gasteiger partial charge in [0.1, 0.15) is 17.5 Å². The molecule has 2 aromatic carbocycles. The first-order valence-corrected chi connectivity index (χ1v) is 9.71. The SMILES string of the molecule is O=C(c1ccc(F)cc1F)N1CCC(c2ccccc2F)S(=O)(=O)CC1. The van der Waals surface area contributed by atoms with E-state index in [4.69, 9.17) is 0 Å². The fraction of sp³-hybridized carbons (Fsp3) is 0.278. The number of hydrogen-bond acceptors (Lipinski definition) is 3. The van der Waals surface area contributed by atoms with Gasteiger partial charge in [-0.15, -0.1) is 0 Å². The molecule has 8 heteroatoms. The van der Waals surface area contributed by atoms with Gasteiger partial charge in [-0.25, -0.2) is 21.6 Å². The lowest BCUT2D eigenvalue weighted by Crippen LogP contribution is -2.34. The van der Waals surface area contributed by atoms with Crippen LogP contribution >= 0.6 is 0 Å². The summed E-state index contributed by atoms with van der Waals surface area (Å²) in [6, 6.07) is 8.21. The van der Waals surface area contributed by atoms with Gasteiger partial charge in [0.15, 0.2) is 9.84 Å². The third-order valence-electron chi connectivity index (χ3n) is 4.44. The number of rotatable bonds is 2. The molecule has 4 nitrogen and oxygen atoms in total. The van der Waals surface area contributed by atoms with Crippen LogP contribution in [0.15, 0.2) is 42.5 Å². The largest absolute Gasteiger partial charge is 0.337 e. The van der Waals surface area contributed by atoms with Crippen LogP contribution in [0.5, 0.6) is 0 Å². The molecule has 3 rings (SSSR count). The van der Waals surface area contributed by atoms with E-state index in [2.05, 4.69) is 0 Å². The Morgan fingerprint density at radius 2 is 1.73 bits per heavy atom. The van der Waals surface area contributed by atoms with Gasteiger partial charge in [-0.05, 0) is 24.6 Å². The minimum absolute atomic E-state index is 0.00216. The second-order valence-corrected chi connectivity index (χ2v) is 8.39. The van der Waals surface area contributed by atoms with Gasteiger partial charge < -0.3 is 4.90 Å². The van der Waals surface area contributed by atoms with Crippen molar-refractivity contribution in [3.63, 3.8) is 0 Å². The Balaban J connectivity index is 1.87. The Morgan fingerprint density at radius 1 is 1.00 bits per heavy atom. The molecule has 1 atom stereocenters. The minimum atomic E-state index is -3.69. The predicted molar refractivity (Wildman–Crippen MR) is 89.8 cm³/mol. The molecule has 1 saturated heterocycles. The van der Waals surface area contributed by atoms with Crippen molar-refractivity contribution < 1.29 is 26.4 Å². The summed E-state index contributed by atoms with van der Waals surface area (Å²) >= 11 is 0. The standard InChI is InChI=1S/C18H16F3NO3S/c19-12-5-6-14(16(21)11-12)18(23)22-8-7-17(26(24,25)10-9-22)13-3-1-2-4-15(13)20/h1-6,11,17H,7-10H2. The van der Waals surface area contributed by atoms with Gasteiger partial charge in [0.25, 0.3) is 5.91 Å². The number of amides is 1. The van der Waals surface area contributed by atoms with Crippen LogP contribution in [-0.4, -0.2) is 38.1 Å². The molecule has 1 amide bonds. The first-order valence-electron chi connectivity index (χ1n) is 8.00. The van der Waals surface area contributed by atoms with Crippen molar-refractivity contribution in [2.45, 2.75) is 11.7 Å². The van der Waals surface area contributed by atoms with E-state index < -0.39 is 38.4 Å². The molecule has 2 aromatic rings. The van der Waals surface area contributed by atoms with Crippen LogP contribution in [0.25, 0.3) is 0 Å². The second-order valence-electron chi connectivity index (χ2n) is 6.08. The molecule has 0 bridgehead atoms. The molecule has 1 unspecified atom stereocenters. The van der Waals surface area contributed by atoms with E-state index in [1.54, 1.807) is 6.07 Å².